The number of carbonyl (C=O) groups is 3. The van der Waals surface area contributed by atoms with Crippen LogP contribution in [0.25, 0.3) is 11.3 Å². The molecule has 0 saturated carbocycles. The number of benzene rings is 2. The third kappa shape index (κ3) is 9.30. The number of hydrogen-bond donors (Lipinski definition) is 2. The largest absolute Gasteiger partial charge is 0.451 e. The normalized spacial score (nSPS) is 11.5. The third-order valence-corrected chi connectivity index (χ3v) is 6.27. The van der Waals surface area contributed by atoms with Crippen molar-refractivity contribution in [2.45, 2.75) is 39.2 Å². The molecule has 0 fully saturated rings. The van der Waals surface area contributed by atoms with E-state index in [0.717, 1.165) is 41.1 Å². The lowest BCUT2D eigenvalue weighted by molar-refractivity contribution is -0.182. The molecule has 0 spiro atoms. The fourth-order valence-electron chi connectivity index (χ4n) is 4.02. The van der Waals surface area contributed by atoms with Crippen LogP contribution in [-0.4, -0.2) is 50.6 Å². The Hall–Kier alpha value is -4.11. The van der Waals surface area contributed by atoms with Gasteiger partial charge in [-0.25, -0.2) is 5.06 Å². The minimum Gasteiger partial charge on any atom is -0.451 e. The molecule has 3 rings (SSSR count). The highest BCUT2D eigenvalue weighted by molar-refractivity contribution is 5.92. The van der Waals surface area contributed by atoms with E-state index in [2.05, 4.69) is 17.6 Å². The van der Waals surface area contributed by atoms with E-state index < -0.39 is 11.8 Å². The van der Waals surface area contributed by atoms with Gasteiger partial charge in [-0.15, -0.1) is 0 Å². The maximum atomic E-state index is 13.0. The van der Waals surface area contributed by atoms with Crippen molar-refractivity contribution in [3.8, 4) is 11.3 Å². The highest BCUT2D eigenvalue weighted by Crippen LogP contribution is 2.25. The summed E-state index contributed by atoms with van der Waals surface area (Å²) in [5, 5.41) is 6.59. The Bertz CT molecular complexity index is 1190. The number of carbonyl (C=O) groups excluding carboxylic acids is 3. The van der Waals surface area contributed by atoms with E-state index in [-0.39, 0.29) is 31.5 Å². The van der Waals surface area contributed by atoms with Crippen LogP contribution < -0.4 is 15.5 Å². The van der Waals surface area contributed by atoms with Crippen molar-refractivity contribution in [3.05, 3.63) is 78.1 Å². The number of furan rings is 1. The molecular weight excluding hydrogens is 496 g/mol. The van der Waals surface area contributed by atoms with Gasteiger partial charge >= 0.3 is 0 Å². The summed E-state index contributed by atoms with van der Waals surface area (Å²) in [7, 11) is 3.91. The first-order valence-electron chi connectivity index (χ1n) is 13.2. The maximum absolute atomic E-state index is 13.0. The lowest BCUT2D eigenvalue weighted by Gasteiger charge is -2.23. The molecule has 9 nitrogen and oxygen atoms in total. The van der Waals surface area contributed by atoms with Crippen LogP contribution in [0, 0.1) is 5.92 Å². The van der Waals surface area contributed by atoms with Gasteiger partial charge in [0.05, 0.1) is 19.1 Å². The number of amides is 3. The molecule has 208 valence electrons. The zero-order valence-electron chi connectivity index (χ0n) is 22.9. The van der Waals surface area contributed by atoms with Gasteiger partial charge in [0, 0.05) is 25.3 Å². The van der Waals surface area contributed by atoms with E-state index in [0.29, 0.717) is 18.6 Å². The lowest BCUT2D eigenvalue weighted by Crippen LogP contribution is -2.43. The smallest absolute Gasteiger partial charge is 0.288 e. The summed E-state index contributed by atoms with van der Waals surface area (Å²) >= 11 is 0. The molecule has 2 N–H and O–H groups in total. The molecule has 1 unspecified atom stereocenters. The topological polar surface area (TPSA) is 104 Å². The summed E-state index contributed by atoms with van der Waals surface area (Å²) in [6.45, 7) is 2.36. The minimum atomic E-state index is -0.478. The van der Waals surface area contributed by atoms with E-state index >= 15 is 0 Å². The Labute approximate surface area is 230 Å². The van der Waals surface area contributed by atoms with Gasteiger partial charge < -0.3 is 20.0 Å². The maximum Gasteiger partial charge on any atom is 0.288 e. The molecule has 0 radical (unpaired) electrons. The van der Waals surface area contributed by atoms with Crippen molar-refractivity contribution in [2.24, 2.45) is 5.92 Å². The summed E-state index contributed by atoms with van der Waals surface area (Å²) in [4.78, 5) is 44.8. The zero-order chi connectivity index (χ0) is 28.0. The van der Waals surface area contributed by atoms with Gasteiger partial charge in [0.25, 0.3) is 5.91 Å². The first-order chi connectivity index (χ1) is 18.9. The standard InChI is InChI=1S/C30H38N4O5/c1-4-5-7-13-25(19-34(22-35)38-20-23-11-8-6-9-12-23)29(36)31-21-32-30(37)28-17-16-27(39-28)24-14-10-15-26(18-24)33(2)3/h6,8-12,14-18,22,25H,4-5,7,13,19-21H2,1-3H3,(H,31,36)(H,32,37). The van der Waals surface area contributed by atoms with E-state index in [1.807, 2.05) is 73.6 Å². The van der Waals surface area contributed by atoms with Gasteiger partial charge in [0.1, 0.15) is 12.4 Å². The second kappa shape index (κ2) is 15.3. The van der Waals surface area contributed by atoms with Crippen LogP contribution >= 0.6 is 0 Å². The molecule has 1 aromatic heterocycles. The molecule has 0 aliphatic heterocycles. The van der Waals surface area contributed by atoms with Crippen LogP contribution in [-0.2, 0) is 21.0 Å². The van der Waals surface area contributed by atoms with Gasteiger partial charge in [-0.05, 0) is 36.2 Å². The summed E-state index contributed by atoms with van der Waals surface area (Å²) in [5.41, 5.74) is 2.80. The number of hydrogen-bond acceptors (Lipinski definition) is 6. The van der Waals surface area contributed by atoms with Crippen LogP contribution in [0.4, 0.5) is 5.69 Å². The van der Waals surface area contributed by atoms with Crippen molar-refractivity contribution >= 4 is 23.9 Å². The van der Waals surface area contributed by atoms with Crippen LogP contribution in [0.5, 0.6) is 0 Å². The predicted molar refractivity (Wildman–Crippen MR) is 151 cm³/mol. The second-order valence-electron chi connectivity index (χ2n) is 9.49. The Morgan fingerprint density at radius 2 is 1.79 bits per heavy atom. The molecule has 0 bridgehead atoms. The van der Waals surface area contributed by atoms with Crippen molar-refractivity contribution in [2.75, 3.05) is 32.2 Å². The van der Waals surface area contributed by atoms with Crippen molar-refractivity contribution in [3.63, 3.8) is 0 Å². The van der Waals surface area contributed by atoms with Crippen molar-refractivity contribution in [1.29, 1.82) is 0 Å². The average molecular weight is 535 g/mol. The molecule has 3 aromatic rings. The van der Waals surface area contributed by atoms with Gasteiger partial charge in [0.2, 0.25) is 12.3 Å². The number of nitrogens with zero attached hydrogens (tertiary/aromatic N) is 2. The van der Waals surface area contributed by atoms with E-state index in [9.17, 15) is 14.4 Å². The average Bonchev–Trinajstić information content (AvgIpc) is 3.45. The number of anilines is 1. The highest BCUT2D eigenvalue weighted by atomic mass is 16.7. The Morgan fingerprint density at radius 1 is 1.00 bits per heavy atom. The highest BCUT2D eigenvalue weighted by Gasteiger charge is 2.22. The monoisotopic (exact) mass is 534 g/mol. The van der Waals surface area contributed by atoms with Crippen molar-refractivity contribution in [1.82, 2.24) is 15.7 Å². The van der Waals surface area contributed by atoms with Crippen molar-refractivity contribution < 1.29 is 23.6 Å². The van der Waals surface area contributed by atoms with E-state index in [1.165, 1.54) is 0 Å². The first kappa shape index (κ1) is 29.4. The SMILES string of the molecule is CCCCCC(CN(C=O)OCc1ccccc1)C(=O)NCNC(=O)c1ccc(-c2cccc(N(C)C)c2)o1. The minimum absolute atomic E-state index is 0.0694. The molecule has 9 heteroatoms. The van der Waals surface area contributed by atoms with Crippen LogP contribution in [0.3, 0.4) is 0 Å². The fraction of sp³-hybridized carbons (Fsp3) is 0.367. The number of rotatable bonds is 16. The lowest BCUT2D eigenvalue weighted by atomic mass is 10.0. The number of unbranched alkanes of at least 4 members (excludes halogenated alkanes) is 2. The van der Waals surface area contributed by atoms with Gasteiger partial charge in [0.15, 0.2) is 5.76 Å². The summed E-state index contributed by atoms with van der Waals surface area (Å²) in [5.74, 6) is -0.451. The third-order valence-electron chi connectivity index (χ3n) is 6.27. The molecule has 0 saturated heterocycles. The fourth-order valence-corrected chi connectivity index (χ4v) is 4.02. The van der Waals surface area contributed by atoms with Crippen LogP contribution in [0.15, 0.2) is 71.1 Å². The molecule has 0 aliphatic rings. The molecule has 3 amide bonds. The van der Waals surface area contributed by atoms with Crippen LogP contribution in [0.2, 0.25) is 0 Å². The van der Waals surface area contributed by atoms with Gasteiger partial charge in [-0.2, -0.15) is 0 Å². The molecule has 0 aliphatic carbocycles. The Morgan fingerprint density at radius 3 is 2.51 bits per heavy atom. The number of hydroxylamine groups is 2. The Balaban J connectivity index is 1.53. The molecule has 39 heavy (non-hydrogen) atoms. The van der Waals surface area contributed by atoms with Crippen LogP contribution in [0.1, 0.15) is 48.7 Å². The predicted octanol–water partition coefficient (Wildman–Crippen LogP) is 4.60. The second-order valence-corrected chi connectivity index (χ2v) is 9.49. The number of nitrogens with one attached hydrogen (secondary N) is 2. The first-order valence-corrected chi connectivity index (χ1v) is 13.2. The van der Waals surface area contributed by atoms with E-state index in [4.69, 9.17) is 9.25 Å². The zero-order valence-corrected chi connectivity index (χ0v) is 22.9. The molecule has 1 atom stereocenters. The van der Waals surface area contributed by atoms with E-state index in [1.54, 1.807) is 12.1 Å². The molecule has 1 heterocycles. The Kier molecular flexibility index (Phi) is 11.6. The quantitative estimate of drug-likeness (QED) is 0.120. The van der Waals surface area contributed by atoms with Gasteiger partial charge in [-0.3, -0.25) is 19.2 Å². The summed E-state index contributed by atoms with van der Waals surface area (Å²) in [6, 6.07) is 20.7. The van der Waals surface area contributed by atoms with Gasteiger partial charge in [-0.1, -0.05) is 68.7 Å². The molecular formula is C30H38N4O5. The summed E-state index contributed by atoms with van der Waals surface area (Å²) in [6.07, 6.45) is 4.02. The summed E-state index contributed by atoms with van der Waals surface area (Å²) < 4.78 is 5.76. The molecule has 2 aromatic carbocycles.